The number of oxazole rings is 1. The first-order valence-electron chi connectivity index (χ1n) is 7.31. The molecule has 1 aromatic heterocycles. The molecule has 2 rings (SSSR count). The van der Waals surface area contributed by atoms with Crippen molar-refractivity contribution in [2.75, 3.05) is 18.9 Å². The summed E-state index contributed by atoms with van der Waals surface area (Å²) < 4.78 is 5.48. The molecule has 0 radical (unpaired) electrons. The van der Waals surface area contributed by atoms with Gasteiger partial charge in [-0.1, -0.05) is 18.2 Å². The lowest BCUT2D eigenvalue weighted by atomic mass is 10.3. The molecule has 0 atom stereocenters. The Balaban J connectivity index is 1.77. The summed E-state index contributed by atoms with van der Waals surface area (Å²) in [4.78, 5) is 20.2. The van der Waals surface area contributed by atoms with Crippen molar-refractivity contribution < 1.29 is 9.21 Å². The molecular formula is C16H21N5O2. The van der Waals surface area contributed by atoms with Gasteiger partial charge in [-0.25, -0.2) is 4.98 Å². The fourth-order valence-corrected chi connectivity index (χ4v) is 1.89. The zero-order chi connectivity index (χ0) is 16.7. The molecule has 1 heterocycles. The van der Waals surface area contributed by atoms with E-state index in [9.17, 15) is 4.79 Å². The first-order valence-corrected chi connectivity index (χ1v) is 7.31. The normalized spacial score (nSPS) is 11.2. The smallest absolute Gasteiger partial charge is 0.243 e. The van der Waals surface area contributed by atoms with Crippen LogP contribution in [-0.2, 0) is 11.3 Å². The molecular weight excluding hydrogens is 294 g/mol. The standard InChI is InChI=1S/C16H21N5O2/c1-11-12(2)23-15(20-11)10-19-16(17-3)18-9-14(22)21-13-7-5-4-6-8-13/h4-8H,9-10H2,1-3H3,(H,21,22)(H2,17,18,19). The lowest BCUT2D eigenvalue weighted by molar-refractivity contribution is -0.115. The summed E-state index contributed by atoms with van der Waals surface area (Å²) in [5, 5.41) is 8.78. The Morgan fingerprint density at radius 2 is 1.96 bits per heavy atom. The van der Waals surface area contributed by atoms with Crippen molar-refractivity contribution in [1.29, 1.82) is 0 Å². The number of guanidine groups is 1. The van der Waals surface area contributed by atoms with Gasteiger partial charge in [0.05, 0.1) is 18.8 Å². The van der Waals surface area contributed by atoms with E-state index in [4.69, 9.17) is 4.42 Å². The minimum absolute atomic E-state index is 0.109. The molecule has 0 saturated carbocycles. The van der Waals surface area contributed by atoms with Crippen molar-refractivity contribution >= 4 is 17.6 Å². The van der Waals surface area contributed by atoms with E-state index in [0.717, 1.165) is 17.1 Å². The Labute approximate surface area is 135 Å². The van der Waals surface area contributed by atoms with Crippen LogP contribution in [0.3, 0.4) is 0 Å². The van der Waals surface area contributed by atoms with E-state index in [1.807, 2.05) is 44.2 Å². The van der Waals surface area contributed by atoms with Gasteiger partial charge in [0.1, 0.15) is 5.76 Å². The minimum atomic E-state index is -0.151. The summed E-state index contributed by atoms with van der Waals surface area (Å²) in [6, 6.07) is 9.29. The molecule has 122 valence electrons. The number of carbonyl (C=O) groups excluding carboxylic acids is 1. The summed E-state index contributed by atoms with van der Waals surface area (Å²) in [5.74, 6) is 1.73. The van der Waals surface area contributed by atoms with Crippen molar-refractivity contribution in [2.24, 2.45) is 4.99 Å². The molecule has 2 aromatic rings. The molecule has 23 heavy (non-hydrogen) atoms. The lowest BCUT2D eigenvalue weighted by Crippen LogP contribution is -2.41. The molecule has 0 spiro atoms. The first-order chi connectivity index (χ1) is 11.1. The maximum Gasteiger partial charge on any atom is 0.243 e. The number of nitrogens with zero attached hydrogens (tertiary/aromatic N) is 2. The van der Waals surface area contributed by atoms with E-state index in [-0.39, 0.29) is 12.5 Å². The van der Waals surface area contributed by atoms with Crippen LogP contribution in [-0.4, -0.2) is 30.4 Å². The van der Waals surface area contributed by atoms with Crippen LogP contribution in [0.15, 0.2) is 39.7 Å². The van der Waals surface area contributed by atoms with Gasteiger partial charge in [0.25, 0.3) is 0 Å². The van der Waals surface area contributed by atoms with Gasteiger partial charge in [0.15, 0.2) is 5.96 Å². The molecule has 7 heteroatoms. The predicted molar refractivity (Wildman–Crippen MR) is 89.3 cm³/mol. The van der Waals surface area contributed by atoms with Crippen LogP contribution < -0.4 is 16.0 Å². The van der Waals surface area contributed by atoms with Crippen LogP contribution in [0.1, 0.15) is 17.3 Å². The summed E-state index contributed by atoms with van der Waals surface area (Å²) in [7, 11) is 1.64. The number of amides is 1. The molecule has 0 aliphatic rings. The molecule has 0 bridgehead atoms. The van der Waals surface area contributed by atoms with Crippen molar-refractivity contribution in [3.05, 3.63) is 47.7 Å². The number of hydrogen-bond acceptors (Lipinski definition) is 4. The molecule has 0 saturated heterocycles. The SMILES string of the molecule is CN=C(NCC(=O)Nc1ccccc1)NCc1nc(C)c(C)o1. The molecule has 0 aliphatic heterocycles. The quantitative estimate of drug-likeness (QED) is 0.576. The minimum Gasteiger partial charge on any atom is -0.444 e. The monoisotopic (exact) mass is 315 g/mol. The van der Waals surface area contributed by atoms with E-state index < -0.39 is 0 Å². The van der Waals surface area contributed by atoms with Gasteiger partial charge in [-0.3, -0.25) is 9.79 Å². The highest BCUT2D eigenvalue weighted by Gasteiger charge is 2.07. The van der Waals surface area contributed by atoms with Gasteiger partial charge in [-0.05, 0) is 26.0 Å². The van der Waals surface area contributed by atoms with Crippen molar-refractivity contribution in [3.63, 3.8) is 0 Å². The lowest BCUT2D eigenvalue weighted by Gasteiger charge is -2.10. The van der Waals surface area contributed by atoms with Crippen LogP contribution in [0.25, 0.3) is 0 Å². The maximum atomic E-state index is 11.9. The van der Waals surface area contributed by atoms with Gasteiger partial charge in [0.2, 0.25) is 11.8 Å². The average molecular weight is 315 g/mol. The van der Waals surface area contributed by atoms with Crippen LogP contribution in [0.4, 0.5) is 5.69 Å². The molecule has 0 fully saturated rings. The van der Waals surface area contributed by atoms with Crippen LogP contribution in [0.2, 0.25) is 0 Å². The second kappa shape index (κ2) is 7.98. The molecule has 1 amide bonds. The number of rotatable bonds is 5. The molecule has 1 aromatic carbocycles. The second-order valence-corrected chi connectivity index (χ2v) is 4.94. The summed E-state index contributed by atoms with van der Waals surface area (Å²) in [6.07, 6.45) is 0. The number of hydrogen-bond donors (Lipinski definition) is 3. The Bertz CT molecular complexity index is 660. The third-order valence-corrected chi connectivity index (χ3v) is 3.18. The van der Waals surface area contributed by atoms with Gasteiger partial charge < -0.3 is 20.4 Å². The number of anilines is 1. The fraction of sp³-hybridized carbons (Fsp3) is 0.312. The molecule has 3 N–H and O–H groups in total. The van der Waals surface area contributed by atoms with Gasteiger partial charge in [-0.15, -0.1) is 0 Å². The number of nitrogens with one attached hydrogen (secondary N) is 3. The summed E-state index contributed by atoms with van der Waals surface area (Å²) in [6.45, 7) is 4.27. The highest BCUT2D eigenvalue weighted by molar-refractivity contribution is 5.94. The van der Waals surface area contributed by atoms with Crippen molar-refractivity contribution in [3.8, 4) is 0 Å². The Morgan fingerprint density at radius 1 is 1.22 bits per heavy atom. The third kappa shape index (κ3) is 5.14. The Morgan fingerprint density at radius 3 is 2.57 bits per heavy atom. The van der Waals surface area contributed by atoms with Crippen LogP contribution in [0, 0.1) is 13.8 Å². The number of benzene rings is 1. The summed E-state index contributed by atoms with van der Waals surface area (Å²) in [5.41, 5.74) is 1.62. The Hall–Kier alpha value is -2.83. The largest absolute Gasteiger partial charge is 0.444 e. The zero-order valence-corrected chi connectivity index (χ0v) is 13.5. The predicted octanol–water partition coefficient (Wildman–Crippen LogP) is 1.60. The number of carbonyl (C=O) groups is 1. The molecule has 7 nitrogen and oxygen atoms in total. The second-order valence-electron chi connectivity index (χ2n) is 4.94. The maximum absolute atomic E-state index is 11.9. The average Bonchev–Trinajstić information content (AvgIpc) is 2.87. The van der Waals surface area contributed by atoms with Gasteiger partial charge in [-0.2, -0.15) is 0 Å². The van der Waals surface area contributed by atoms with E-state index >= 15 is 0 Å². The van der Waals surface area contributed by atoms with Crippen molar-refractivity contribution in [2.45, 2.75) is 20.4 Å². The highest BCUT2D eigenvalue weighted by atomic mass is 16.4. The zero-order valence-electron chi connectivity index (χ0n) is 13.5. The first kappa shape index (κ1) is 16.5. The van der Waals surface area contributed by atoms with E-state index in [0.29, 0.717) is 18.4 Å². The topological polar surface area (TPSA) is 91.5 Å². The summed E-state index contributed by atoms with van der Waals surface area (Å²) >= 11 is 0. The van der Waals surface area contributed by atoms with Crippen LogP contribution in [0.5, 0.6) is 0 Å². The number of para-hydroxylation sites is 1. The van der Waals surface area contributed by atoms with Crippen molar-refractivity contribution in [1.82, 2.24) is 15.6 Å². The van der Waals surface area contributed by atoms with Crippen LogP contribution >= 0.6 is 0 Å². The van der Waals surface area contributed by atoms with E-state index in [1.165, 1.54) is 0 Å². The molecule has 0 aliphatic carbocycles. The third-order valence-electron chi connectivity index (χ3n) is 3.18. The number of aryl methyl sites for hydroxylation is 2. The highest BCUT2D eigenvalue weighted by Crippen LogP contribution is 2.07. The number of aromatic nitrogens is 1. The molecule has 0 unspecified atom stereocenters. The Kier molecular flexibility index (Phi) is 5.74. The van der Waals surface area contributed by atoms with E-state index in [1.54, 1.807) is 7.05 Å². The van der Waals surface area contributed by atoms with E-state index in [2.05, 4.69) is 25.9 Å². The fourth-order valence-electron chi connectivity index (χ4n) is 1.89. The van der Waals surface area contributed by atoms with Gasteiger partial charge in [0, 0.05) is 12.7 Å². The number of aliphatic imine (C=N–C) groups is 1. The van der Waals surface area contributed by atoms with Gasteiger partial charge >= 0.3 is 0 Å².